The van der Waals surface area contributed by atoms with Crippen LogP contribution in [0.15, 0.2) is 12.7 Å². The summed E-state index contributed by atoms with van der Waals surface area (Å²) in [5.74, 6) is -2.13. The van der Waals surface area contributed by atoms with Gasteiger partial charge < -0.3 is 14.6 Å². The molecule has 0 fully saturated rings. The van der Waals surface area contributed by atoms with Crippen LogP contribution in [0, 0.1) is 5.92 Å². The average molecular weight is 469 g/mol. The highest BCUT2D eigenvalue weighted by atomic mass is 127. The molecule has 0 rings (SSSR count). The fourth-order valence-corrected chi connectivity index (χ4v) is 2.62. The van der Waals surface area contributed by atoms with E-state index in [1.807, 2.05) is 22.6 Å². The maximum absolute atomic E-state index is 12.6. The lowest BCUT2D eigenvalue weighted by atomic mass is 9.96. The summed E-state index contributed by atoms with van der Waals surface area (Å²) in [6.07, 6.45) is -0.411. The Labute approximate surface area is 162 Å². The molecule has 1 N–H and O–H groups in total. The Morgan fingerprint density at radius 3 is 1.72 bits per heavy atom. The maximum atomic E-state index is 12.6. The summed E-state index contributed by atoms with van der Waals surface area (Å²) in [4.78, 5) is 37.5. The summed E-state index contributed by atoms with van der Waals surface area (Å²) >= 11 is 2.04. The van der Waals surface area contributed by atoms with Crippen LogP contribution in [-0.2, 0) is 14.3 Å². The van der Waals surface area contributed by atoms with Gasteiger partial charge in [0.1, 0.15) is 11.2 Å². The summed E-state index contributed by atoms with van der Waals surface area (Å²) in [5, 5.41) is 9.50. The molecule has 0 aliphatic heterocycles. The van der Waals surface area contributed by atoms with E-state index >= 15 is 0 Å². The fraction of sp³-hybridized carbons (Fsp3) is 0.706. The number of carbonyl (C=O) groups excluding carboxylic acids is 2. The number of rotatable bonds is 6. The van der Waals surface area contributed by atoms with Crippen LogP contribution in [0.1, 0.15) is 48.0 Å². The number of aliphatic carboxylic acids is 1. The highest BCUT2D eigenvalue weighted by Gasteiger charge is 2.41. The third-order valence-corrected chi connectivity index (χ3v) is 3.49. The van der Waals surface area contributed by atoms with Gasteiger partial charge in [0, 0.05) is 4.43 Å². The molecule has 2 atom stereocenters. The first-order valence-corrected chi connectivity index (χ1v) is 9.42. The second-order valence-electron chi connectivity index (χ2n) is 7.48. The van der Waals surface area contributed by atoms with Crippen molar-refractivity contribution in [2.75, 3.05) is 4.43 Å². The molecule has 0 radical (unpaired) electrons. The van der Waals surface area contributed by atoms with Gasteiger partial charge in [-0.2, -0.15) is 0 Å². The van der Waals surface area contributed by atoms with Gasteiger partial charge in [0.05, 0.1) is 12.0 Å². The minimum absolute atomic E-state index is 0.259. The zero-order chi connectivity index (χ0) is 20.0. The van der Waals surface area contributed by atoms with Crippen molar-refractivity contribution in [1.29, 1.82) is 0 Å². The maximum Gasteiger partial charge on any atom is 0.420 e. The summed E-state index contributed by atoms with van der Waals surface area (Å²) < 4.78 is 11.1. The molecule has 0 bridgehead atoms. The third kappa shape index (κ3) is 8.55. The zero-order valence-corrected chi connectivity index (χ0v) is 17.8. The predicted octanol–water partition coefficient (Wildman–Crippen LogP) is 4.24. The zero-order valence-electron chi connectivity index (χ0n) is 15.7. The number of carboxylic acids is 1. The largest absolute Gasteiger partial charge is 0.481 e. The summed E-state index contributed by atoms with van der Waals surface area (Å²) in [5.41, 5.74) is -1.71. The Morgan fingerprint density at radius 1 is 1.08 bits per heavy atom. The third-order valence-electron chi connectivity index (χ3n) is 2.87. The Hall–Kier alpha value is -1.32. The van der Waals surface area contributed by atoms with Crippen LogP contribution in [0.25, 0.3) is 0 Å². The standard InChI is InChI=1S/C17H28INO6/c1-8-12(11(9-10-18)13(20)21)19(14(22)24-16(2,3)4)15(23)25-17(5,6)7/h8,11-12H,1,9-10H2,2-7H3,(H,20,21)/t11-,12-/m0/s1. The number of halogens is 1. The number of amides is 2. The van der Waals surface area contributed by atoms with Crippen LogP contribution >= 0.6 is 22.6 Å². The quantitative estimate of drug-likeness (QED) is 0.356. The normalized spacial score (nSPS) is 14.2. The molecule has 0 aliphatic carbocycles. The number of imide groups is 1. The molecule has 0 aromatic rings. The van der Waals surface area contributed by atoms with Gasteiger partial charge in [-0.05, 0) is 48.0 Å². The van der Waals surface area contributed by atoms with Gasteiger partial charge in [0.2, 0.25) is 0 Å². The molecule has 7 nitrogen and oxygen atoms in total. The summed E-state index contributed by atoms with van der Waals surface area (Å²) in [7, 11) is 0. The van der Waals surface area contributed by atoms with Crippen LogP contribution in [0.2, 0.25) is 0 Å². The first-order valence-electron chi connectivity index (χ1n) is 7.90. The molecule has 0 saturated carbocycles. The average Bonchev–Trinajstić information content (AvgIpc) is 2.37. The van der Waals surface area contributed by atoms with E-state index in [2.05, 4.69) is 6.58 Å². The van der Waals surface area contributed by atoms with Gasteiger partial charge in [0.25, 0.3) is 0 Å². The van der Waals surface area contributed by atoms with Crippen molar-refractivity contribution >= 4 is 40.7 Å². The monoisotopic (exact) mass is 469 g/mol. The molecule has 0 aromatic heterocycles. The number of hydrogen-bond donors (Lipinski definition) is 1. The number of alkyl halides is 1. The molecule has 8 heteroatoms. The van der Waals surface area contributed by atoms with E-state index < -0.39 is 41.3 Å². The molecule has 0 heterocycles. The Balaban J connectivity index is 5.88. The highest BCUT2D eigenvalue weighted by Crippen LogP contribution is 2.23. The van der Waals surface area contributed by atoms with Crippen molar-refractivity contribution in [3.63, 3.8) is 0 Å². The summed E-state index contributed by atoms with van der Waals surface area (Å²) in [6, 6.07) is -1.09. The van der Waals surface area contributed by atoms with E-state index in [-0.39, 0.29) is 6.42 Å². The number of carboxylic acid groups (broad SMARTS) is 1. The van der Waals surface area contributed by atoms with Crippen molar-refractivity contribution in [2.24, 2.45) is 5.92 Å². The van der Waals surface area contributed by atoms with E-state index in [9.17, 15) is 19.5 Å². The minimum atomic E-state index is -1.13. The lowest BCUT2D eigenvalue weighted by Gasteiger charge is -2.34. The Bertz CT molecular complexity index is 478. The Kier molecular flexibility index (Phi) is 8.90. The van der Waals surface area contributed by atoms with E-state index in [1.54, 1.807) is 41.5 Å². The number of hydrogen-bond acceptors (Lipinski definition) is 5. The second-order valence-corrected chi connectivity index (χ2v) is 8.56. The molecule has 0 unspecified atom stereocenters. The van der Waals surface area contributed by atoms with Crippen LogP contribution in [0.5, 0.6) is 0 Å². The number of carbonyl (C=O) groups is 3. The first kappa shape index (κ1) is 23.7. The lowest BCUT2D eigenvalue weighted by Crippen LogP contribution is -2.52. The van der Waals surface area contributed by atoms with Crippen LogP contribution in [0.3, 0.4) is 0 Å². The topological polar surface area (TPSA) is 93.1 Å². The van der Waals surface area contributed by atoms with E-state index in [0.717, 1.165) is 0 Å². The molecule has 0 spiro atoms. The van der Waals surface area contributed by atoms with Gasteiger partial charge in [0.15, 0.2) is 0 Å². The molecule has 25 heavy (non-hydrogen) atoms. The van der Waals surface area contributed by atoms with Gasteiger partial charge >= 0.3 is 18.2 Å². The molecule has 2 amide bonds. The molecule has 144 valence electrons. The fourth-order valence-electron chi connectivity index (χ4n) is 1.95. The van der Waals surface area contributed by atoms with Crippen molar-refractivity contribution in [1.82, 2.24) is 4.90 Å². The first-order chi connectivity index (χ1) is 11.2. The smallest absolute Gasteiger partial charge is 0.420 e. The molecular formula is C17H28INO6. The SMILES string of the molecule is C=C[C@@H]([C@H](CCI)C(=O)O)N(C(=O)OC(C)(C)C)C(=O)OC(C)(C)C. The predicted molar refractivity (Wildman–Crippen MR) is 103 cm³/mol. The van der Waals surface area contributed by atoms with Crippen molar-refractivity contribution in [3.05, 3.63) is 12.7 Å². The number of ether oxygens (including phenoxy) is 2. The van der Waals surface area contributed by atoms with E-state index in [4.69, 9.17) is 9.47 Å². The Morgan fingerprint density at radius 2 is 1.48 bits per heavy atom. The van der Waals surface area contributed by atoms with E-state index in [1.165, 1.54) is 6.08 Å². The van der Waals surface area contributed by atoms with Gasteiger partial charge in [-0.1, -0.05) is 28.7 Å². The van der Waals surface area contributed by atoms with Gasteiger partial charge in [-0.25, -0.2) is 14.5 Å². The second kappa shape index (κ2) is 9.40. The van der Waals surface area contributed by atoms with Crippen molar-refractivity contribution in [2.45, 2.75) is 65.2 Å². The molecule has 0 saturated heterocycles. The highest BCUT2D eigenvalue weighted by molar-refractivity contribution is 14.1. The van der Waals surface area contributed by atoms with Crippen LogP contribution in [0.4, 0.5) is 9.59 Å². The van der Waals surface area contributed by atoms with E-state index in [0.29, 0.717) is 9.33 Å². The van der Waals surface area contributed by atoms with Crippen molar-refractivity contribution in [3.8, 4) is 0 Å². The minimum Gasteiger partial charge on any atom is -0.481 e. The van der Waals surface area contributed by atoms with Gasteiger partial charge in [-0.3, -0.25) is 4.79 Å². The molecule has 0 aliphatic rings. The van der Waals surface area contributed by atoms with Gasteiger partial charge in [-0.15, -0.1) is 6.58 Å². The van der Waals surface area contributed by atoms with Crippen LogP contribution in [-0.4, -0.2) is 49.8 Å². The summed E-state index contributed by atoms with van der Waals surface area (Å²) in [6.45, 7) is 13.5. The lowest BCUT2D eigenvalue weighted by molar-refractivity contribution is -0.143. The molecule has 0 aromatic carbocycles. The molecular weight excluding hydrogens is 441 g/mol. The van der Waals surface area contributed by atoms with Crippen molar-refractivity contribution < 1.29 is 29.0 Å². The van der Waals surface area contributed by atoms with Crippen LogP contribution < -0.4 is 0 Å². The number of nitrogens with zero attached hydrogens (tertiary/aromatic N) is 1.